The molecule has 1 aliphatic heterocycles. The lowest BCUT2D eigenvalue weighted by Gasteiger charge is -2.26. The van der Waals surface area contributed by atoms with E-state index in [2.05, 4.69) is 9.97 Å². The van der Waals surface area contributed by atoms with E-state index in [1.54, 1.807) is 27.8 Å². The van der Waals surface area contributed by atoms with E-state index >= 15 is 0 Å². The Morgan fingerprint density at radius 2 is 2.15 bits per heavy atom. The highest BCUT2D eigenvalue weighted by Gasteiger charge is 2.25. The third-order valence-electron chi connectivity index (χ3n) is 4.57. The van der Waals surface area contributed by atoms with Gasteiger partial charge in [-0.15, -0.1) is 11.3 Å². The highest BCUT2D eigenvalue weighted by atomic mass is 32.1. The summed E-state index contributed by atoms with van der Waals surface area (Å²) >= 11 is 1.41. The number of nitrogens with zero attached hydrogens (tertiary/aromatic N) is 4. The predicted octanol–water partition coefficient (Wildman–Crippen LogP) is 1.39. The van der Waals surface area contributed by atoms with Crippen LogP contribution in [0.3, 0.4) is 0 Å². The molecule has 0 fully saturated rings. The smallest absolute Gasteiger partial charge is 0.258 e. The molecule has 9 heteroatoms. The van der Waals surface area contributed by atoms with Crippen molar-refractivity contribution < 1.29 is 9.59 Å². The molecule has 0 saturated heterocycles. The minimum atomic E-state index is -0.430. The van der Waals surface area contributed by atoms with Gasteiger partial charge in [-0.3, -0.25) is 14.2 Å². The van der Waals surface area contributed by atoms with Gasteiger partial charge in [-0.1, -0.05) is 0 Å². The number of imidazole rings is 1. The number of nitrogens with two attached hydrogens (primary N) is 2. The fourth-order valence-electron chi connectivity index (χ4n) is 3.27. The van der Waals surface area contributed by atoms with Crippen molar-refractivity contribution in [2.75, 3.05) is 12.3 Å². The summed E-state index contributed by atoms with van der Waals surface area (Å²) in [4.78, 5) is 36.3. The molecule has 0 radical (unpaired) electrons. The first kappa shape index (κ1) is 16.5. The Bertz CT molecular complexity index is 1040. The number of carbonyl (C=O) groups is 2. The topological polar surface area (TPSA) is 120 Å². The molecular weight excluding hydrogens is 352 g/mol. The summed E-state index contributed by atoms with van der Waals surface area (Å²) in [6.45, 7) is 3.68. The third kappa shape index (κ3) is 2.60. The number of aryl methyl sites for hydroxylation is 1. The maximum absolute atomic E-state index is 12.9. The summed E-state index contributed by atoms with van der Waals surface area (Å²) in [7, 11) is 0. The van der Waals surface area contributed by atoms with Crippen molar-refractivity contribution in [3.8, 4) is 0 Å². The number of anilines is 1. The van der Waals surface area contributed by atoms with Crippen molar-refractivity contribution in [3.05, 3.63) is 39.2 Å². The standard InChI is InChI=1S/C17H18N6O2S/c1-2-23-15-11(21-17(23)19)5-9(7-20-15)16(25)22-4-3-12-10(8-22)6-13(26-12)14(18)24/h5-7H,2-4,8H2,1H3,(H2,18,24)(H2,19,21). The molecule has 2 amide bonds. The van der Waals surface area contributed by atoms with Crippen LogP contribution in [0.15, 0.2) is 18.3 Å². The Morgan fingerprint density at radius 1 is 1.35 bits per heavy atom. The average Bonchev–Trinajstić information content (AvgIpc) is 3.19. The molecule has 0 atom stereocenters. The number of pyridine rings is 1. The molecular formula is C17H18N6O2S. The fourth-order valence-corrected chi connectivity index (χ4v) is 4.28. The van der Waals surface area contributed by atoms with Crippen molar-refractivity contribution in [2.24, 2.45) is 5.73 Å². The van der Waals surface area contributed by atoms with E-state index in [1.807, 2.05) is 6.92 Å². The van der Waals surface area contributed by atoms with Crippen LogP contribution in [0, 0.1) is 0 Å². The number of carbonyl (C=O) groups excluding carboxylic acids is 2. The minimum absolute atomic E-state index is 0.110. The maximum Gasteiger partial charge on any atom is 0.258 e. The Hall–Kier alpha value is -2.94. The molecule has 8 nitrogen and oxygen atoms in total. The normalized spacial score (nSPS) is 13.8. The van der Waals surface area contributed by atoms with Crippen molar-refractivity contribution in [2.45, 2.75) is 26.4 Å². The average molecular weight is 370 g/mol. The molecule has 0 saturated carbocycles. The molecule has 0 spiro atoms. The number of rotatable bonds is 3. The van der Waals surface area contributed by atoms with Gasteiger partial charge in [-0.05, 0) is 31.0 Å². The first-order valence-corrected chi connectivity index (χ1v) is 9.12. The lowest BCUT2D eigenvalue weighted by atomic mass is 10.1. The zero-order valence-electron chi connectivity index (χ0n) is 14.2. The van der Waals surface area contributed by atoms with Crippen molar-refractivity contribution in [1.29, 1.82) is 0 Å². The van der Waals surface area contributed by atoms with Crippen molar-refractivity contribution in [3.63, 3.8) is 0 Å². The number of amides is 2. The number of primary amides is 1. The van der Waals surface area contributed by atoms with Gasteiger partial charge < -0.3 is 16.4 Å². The summed E-state index contributed by atoms with van der Waals surface area (Å²) in [5.41, 5.74) is 14.0. The summed E-state index contributed by atoms with van der Waals surface area (Å²) in [6, 6.07) is 3.51. The highest BCUT2D eigenvalue weighted by Crippen LogP contribution is 2.29. The maximum atomic E-state index is 12.9. The zero-order chi connectivity index (χ0) is 18.4. The van der Waals surface area contributed by atoms with Gasteiger partial charge >= 0.3 is 0 Å². The summed E-state index contributed by atoms with van der Waals surface area (Å²) in [5, 5.41) is 0. The second-order valence-corrected chi connectivity index (χ2v) is 7.32. The minimum Gasteiger partial charge on any atom is -0.369 e. The number of hydrogen-bond donors (Lipinski definition) is 2. The van der Waals surface area contributed by atoms with Crippen LogP contribution in [-0.4, -0.2) is 37.8 Å². The van der Waals surface area contributed by atoms with E-state index in [1.165, 1.54) is 11.3 Å². The molecule has 3 aromatic rings. The van der Waals surface area contributed by atoms with Crippen LogP contribution in [-0.2, 0) is 19.5 Å². The second-order valence-electron chi connectivity index (χ2n) is 6.18. The van der Waals surface area contributed by atoms with Crippen LogP contribution in [0.4, 0.5) is 5.95 Å². The highest BCUT2D eigenvalue weighted by molar-refractivity contribution is 7.14. The van der Waals surface area contributed by atoms with Crippen LogP contribution < -0.4 is 11.5 Å². The zero-order valence-corrected chi connectivity index (χ0v) is 15.0. The predicted molar refractivity (Wildman–Crippen MR) is 98.9 cm³/mol. The molecule has 0 aliphatic carbocycles. The summed E-state index contributed by atoms with van der Waals surface area (Å²) in [6.07, 6.45) is 2.28. The quantitative estimate of drug-likeness (QED) is 0.722. The van der Waals surface area contributed by atoms with Gasteiger partial charge in [-0.2, -0.15) is 0 Å². The van der Waals surface area contributed by atoms with Gasteiger partial charge in [0.2, 0.25) is 5.95 Å². The van der Waals surface area contributed by atoms with Gasteiger partial charge in [-0.25, -0.2) is 9.97 Å². The molecule has 4 rings (SSSR count). The summed E-state index contributed by atoms with van der Waals surface area (Å²) < 4.78 is 1.80. The van der Waals surface area contributed by atoms with E-state index in [0.29, 0.717) is 53.6 Å². The number of hydrogen-bond acceptors (Lipinski definition) is 6. The van der Waals surface area contributed by atoms with E-state index in [4.69, 9.17) is 11.5 Å². The number of aromatic nitrogens is 3. The SMILES string of the molecule is CCn1c(N)nc2cc(C(=O)N3CCc4sc(C(N)=O)cc4C3)cnc21. The Balaban J connectivity index is 1.61. The van der Waals surface area contributed by atoms with E-state index < -0.39 is 5.91 Å². The van der Waals surface area contributed by atoms with Crippen LogP contribution >= 0.6 is 11.3 Å². The number of thiophene rings is 1. The van der Waals surface area contributed by atoms with Crippen LogP contribution in [0.2, 0.25) is 0 Å². The molecule has 0 aromatic carbocycles. The van der Waals surface area contributed by atoms with E-state index in [0.717, 1.165) is 10.4 Å². The fraction of sp³-hybridized carbons (Fsp3) is 0.294. The van der Waals surface area contributed by atoms with Gasteiger partial charge in [0.1, 0.15) is 5.52 Å². The molecule has 4 heterocycles. The molecule has 26 heavy (non-hydrogen) atoms. The second kappa shape index (κ2) is 6.10. The first-order chi connectivity index (χ1) is 12.5. The molecule has 4 N–H and O–H groups in total. The van der Waals surface area contributed by atoms with Gasteiger partial charge in [0.25, 0.3) is 11.8 Å². The molecule has 3 aromatic heterocycles. The first-order valence-electron chi connectivity index (χ1n) is 8.30. The van der Waals surface area contributed by atoms with Crippen molar-refractivity contribution in [1.82, 2.24) is 19.4 Å². The molecule has 0 bridgehead atoms. The van der Waals surface area contributed by atoms with E-state index in [-0.39, 0.29) is 5.91 Å². The molecule has 1 aliphatic rings. The molecule has 134 valence electrons. The number of nitrogen functional groups attached to an aromatic ring is 1. The largest absolute Gasteiger partial charge is 0.369 e. The lowest BCUT2D eigenvalue weighted by molar-refractivity contribution is 0.0735. The number of fused-ring (bicyclic) bond motifs is 2. The van der Waals surface area contributed by atoms with Crippen LogP contribution in [0.5, 0.6) is 0 Å². The third-order valence-corrected chi connectivity index (χ3v) is 5.83. The Labute approximate surface area is 153 Å². The Morgan fingerprint density at radius 3 is 2.88 bits per heavy atom. The monoisotopic (exact) mass is 370 g/mol. The van der Waals surface area contributed by atoms with Gasteiger partial charge in [0.05, 0.1) is 10.4 Å². The van der Waals surface area contributed by atoms with Gasteiger partial charge in [0.15, 0.2) is 5.65 Å². The van der Waals surface area contributed by atoms with Crippen LogP contribution in [0.25, 0.3) is 11.2 Å². The Kier molecular flexibility index (Phi) is 3.87. The van der Waals surface area contributed by atoms with E-state index in [9.17, 15) is 9.59 Å². The van der Waals surface area contributed by atoms with Crippen LogP contribution in [0.1, 0.15) is 37.4 Å². The molecule has 0 unspecified atom stereocenters. The van der Waals surface area contributed by atoms with Gasteiger partial charge in [0, 0.05) is 30.7 Å². The summed E-state index contributed by atoms with van der Waals surface area (Å²) in [5.74, 6) is -0.151. The van der Waals surface area contributed by atoms with Crippen molar-refractivity contribution >= 4 is 40.3 Å². The lowest BCUT2D eigenvalue weighted by Crippen LogP contribution is -2.35.